The van der Waals surface area contributed by atoms with Crippen molar-refractivity contribution in [3.05, 3.63) is 41.6 Å². The van der Waals surface area contributed by atoms with Crippen molar-refractivity contribution in [3.8, 4) is 5.75 Å². The Bertz CT molecular complexity index is 861. The van der Waals surface area contributed by atoms with Gasteiger partial charge in [0.2, 0.25) is 10.0 Å². The van der Waals surface area contributed by atoms with Crippen LogP contribution in [0, 0.1) is 13.8 Å². The summed E-state index contributed by atoms with van der Waals surface area (Å²) in [5.74, 6) is 1.50. The lowest BCUT2D eigenvalue weighted by Gasteiger charge is -2.34. The van der Waals surface area contributed by atoms with Gasteiger partial charge in [-0.1, -0.05) is 0 Å². The molecule has 3 rings (SSSR count). The molecule has 7 nitrogen and oxygen atoms in total. The van der Waals surface area contributed by atoms with Crippen molar-refractivity contribution in [3.63, 3.8) is 0 Å². The molecule has 1 aromatic carbocycles. The van der Waals surface area contributed by atoms with E-state index < -0.39 is 10.0 Å². The first kappa shape index (κ1) is 18.6. The Morgan fingerprint density at radius 1 is 1.04 bits per heavy atom. The van der Waals surface area contributed by atoms with Crippen LogP contribution in [0.5, 0.6) is 5.75 Å². The van der Waals surface area contributed by atoms with Crippen LogP contribution in [0.2, 0.25) is 0 Å². The molecular formula is C18H24N4O3S. The van der Waals surface area contributed by atoms with Gasteiger partial charge in [0.05, 0.1) is 17.2 Å². The first-order chi connectivity index (χ1) is 12.4. The summed E-state index contributed by atoms with van der Waals surface area (Å²) in [6.45, 7) is 8.23. The topological polar surface area (TPSA) is 75.6 Å². The zero-order valence-corrected chi connectivity index (χ0v) is 16.2. The second-order valence-corrected chi connectivity index (χ2v) is 8.22. The first-order valence-corrected chi connectivity index (χ1v) is 10.1. The molecule has 1 aliphatic rings. The molecular weight excluding hydrogens is 352 g/mol. The summed E-state index contributed by atoms with van der Waals surface area (Å²) in [5.41, 5.74) is 1.68. The molecule has 0 atom stereocenters. The molecule has 2 aromatic rings. The van der Waals surface area contributed by atoms with E-state index in [4.69, 9.17) is 4.74 Å². The second kappa shape index (κ2) is 7.59. The van der Waals surface area contributed by atoms with E-state index in [1.165, 1.54) is 4.31 Å². The molecule has 0 bridgehead atoms. The molecule has 0 radical (unpaired) electrons. The van der Waals surface area contributed by atoms with Crippen molar-refractivity contribution in [2.45, 2.75) is 25.7 Å². The summed E-state index contributed by atoms with van der Waals surface area (Å²) in [6, 6.07) is 8.85. The van der Waals surface area contributed by atoms with Crippen LogP contribution in [-0.2, 0) is 10.0 Å². The Balaban J connectivity index is 1.71. The maximum absolute atomic E-state index is 12.9. The van der Waals surface area contributed by atoms with Gasteiger partial charge in [-0.15, -0.1) is 5.10 Å². The average molecular weight is 376 g/mol. The maximum Gasteiger partial charge on any atom is 0.243 e. The summed E-state index contributed by atoms with van der Waals surface area (Å²) in [6.07, 6.45) is 0. The van der Waals surface area contributed by atoms with E-state index in [-0.39, 0.29) is 0 Å². The first-order valence-electron chi connectivity index (χ1n) is 8.70. The zero-order chi connectivity index (χ0) is 18.7. The van der Waals surface area contributed by atoms with Crippen LogP contribution in [-0.4, -0.2) is 55.7 Å². The fourth-order valence-corrected chi connectivity index (χ4v) is 4.47. The molecule has 1 aromatic heterocycles. The lowest BCUT2D eigenvalue weighted by Crippen LogP contribution is -2.49. The van der Waals surface area contributed by atoms with E-state index >= 15 is 0 Å². The standard InChI is InChI=1S/C18H24N4O3S/c1-4-25-17-7-6-16(13-14(17)2)26(23,24)22-11-9-21(10-12-22)18-8-5-15(3)19-20-18/h5-8,13H,4,9-12H2,1-3H3. The summed E-state index contributed by atoms with van der Waals surface area (Å²) < 4.78 is 32.9. The molecule has 2 heterocycles. The van der Waals surface area contributed by atoms with E-state index in [9.17, 15) is 8.42 Å². The van der Waals surface area contributed by atoms with Crippen molar-refractivity contribution >= 4 is 15.8 Å². The van der Waals surface area contributed by atoms with Crippen LogP contribution in [0.25, 0.3) is 0 Å². The van der Waals surface area contributed by atoms with Crippen LogP contribution in [0.4, 0.5) is 5.82 Å². The predicted octanol–water partition coefficient (Wildman–Crippen LogP) is 2.00. The van der Waals surface area contributed by atoms with E-state index in [1.807, 2.05) is 32.9 Å². The normalized spacial score (nSPS) is 15.9. The van der Waals surface area contributed by atoms with E-state index in [0.29, 0.717) is 43.4 Å². The highest BCUT2D eigenvalue weighted by Crippen LogP contribution is 2.25. The largest absolute Gasteiger partial charge is 0.494 e. The van der Waals surface area contributed by atoms with Crippen LogP contribution < -0.4 is 9.64 Å². The Labute approximate surface area is 154 Å². The van der Waals surface area contributed by atoms with Crippen LogP contribution in [0.15, 0.2) is 35.2 Å². The van der Waals surface area contributed by atoms with Crippen LogP contribution in [0.1, 0.15) is 18.2 Å². The summed E-state index contributed by atoms with van der Waals surface area (Å²) in [7, 11) is -3.51. The van der Waals surface area contributed by atoms with E-state index in [1.54, 1.807) is 18.2 Å². The highest BCUT2D eigenvalue weighted by atomic mass is 32.2. The number of sulfonamides is 1. The molecule has 1 aliphatic heterocycles. The molecule has 1 saturated heterocycles. The Morgan fingerprint density at radius 2 is 1.77 bits per heavy atom. The lowest BCUT2D eigenvalue weighted by atomic mass is 10.2. The third-order valence-corrected chi connectivity index (χ3v) is 6.33. The predicted molar refractivity (Wildman–Crippen MR) is 100 cm³/mol. The zero-order valence-electron chi connectivity index (χ0n) is 15.3. The molecule has 140 valence electrons. The van der Waals surface area contributed by atoms with Gasteiger partial charge in [0.1, 0.15) is 5.75 Å². The fraction of sp³-hybridized carbons (Fsp3) is 0.444. The molecule has 26 heavy (non-hydrogen) atoms. The Kier molecular flexibility index (Phi) is 5.43. The second-order valence-electron chi connectivity index (χ2n) is 6.28. The number of aryl methyl sites for hydroxylation is 2. The third kappa shape index (κ3) is 3.81. The third-order valence-electron chi connectivity index (χ3n) is 4.43. The van der Waals surface area contributed by atoms with Gasteiger partial charge in [0.15, 0.2) is 5.82 Å². The number of piperazine rings is 1. The number of nitrogens with zero attached hydrogens (tertiary/aromatic N) is 4. The lowest BCUT2D eigenvalue weighted by molar-refractivity contribution is 0.337. The summed E-state index contributed by atoms with van der Waals surface area (Å²) in [5, 5.41) is 8.25. The highest BCUT2D eigenvalue weighted by Gasteiger charge is 2.29. The number of anilines is 1. The fourth-order valence-electron chi connectivity index (χ4n) is 2.97. The van der Waals surface area contributed by atoms with Crippen molar-refractivity contribution in [1.29, 1.82) is 0 Å². The van der Waals surface area contributed by atoms with Crippen LogP contribution >= 0.6 is 0 Å². The molecule has 1 fully saturated rings. The van der Waals surface area contributed by atoms with Crippen molar-refractivity contribution in [1.82, 2.24) is 14.5 Å². The molecule has 8 heteroatoms. The van der Waals surface area contributed by atoms with Gasteiger partial charge in [-0.05, 0) is 56.7 Å². The molecule has 0 N–H and O–H groups in total. The number of benzene rings is 1. The SMILES string of the molecule is CCOc1ccc(S(=O)(=O)N2CCN(c3ccc(C)nn3)CC2)cc1C. The van der Waals surface area contributed by atoms with Gasteiger partial charge in [-0.3, -0.25) is 0 Å². The number of aromatic nitrogens is 2. The molecule has 0 aliphatic carbocycles. The summed E-state index contributed by atoms with van der Waals surface area (Å²) in [4.78, 5) is 2.36. The van der Waals surface area contributed by atoms with Crippen molar-refractivity contribution in [2.75, 3.05) is 37.7 Å². The molecule has 0 saturated carbocycles. The number of hydrogen-bond acceptors (Lipinski definition) is 6. The van der Waals surface area contributed by atoms with E-state index in [0.717, 1.165) is 17.1 Å². The van der Waals surface area contributed by atoms with Crippen molar-refractivity contribution < 1.29 is 13.2 Å². The highest BCUT2D eigenvalue weighted by molar-refractivity contribution is 7.89. The molecule has 0 unspecified atom stereocenters. The smallest absolute Gasteiger partial charge is 0.243 e. The van der Waals surface area contributed by atoms with E-state index in [2.05, 4.69) is 15.1 Å². The number of hydrogen-bond donors (Lipinski definition) is 0. The quantitative estimate of drug-likeness (QED) is 0.795. The van der Waals surface area contributed by atoms with Gasteiger partial charge < -0.3 is 9.64 Å². The van der Waals surface area contributed by atoms with Gasteiger partial charge in [0, 0.05) is 26.2 Å². The van der Waals surface area contributed by atoms with Gasteiger partial charge in [-0.2, -0.15) is 9.40 Å². The van der Waals surface area contributed by atoms with Crippen molar-refractivity contribution in [2.24, 2.45) is 0 Å². The average Bonchev–Trinajstić information content (AvgIpc) is 2.64. The maximum atomic E-state index is 12.9. The Morgan fingerprint density at radius 3 is 2.35 bits per heavy atom. The van der Waals surface area contributed by atoms with Gasteiger partial charge in [0.25, 0.3) is 0 Å². The number of ether oxygens (including phenoxy) is 1. The van der Waals surface area contributed by atoms with Gasteiger partial charge in [-0.25, -0.2) is 8.42 Å². The minimum atomic E-state index is -3.51. The number of rotatable bonds is 5. The van der Waals surface area contributed by atoms with Gasteiger partial charge >= 0.3 is 0 Å². The minimum Gasteiger partial charge on any atom is -0.494 e. The monoisotopic (exact) mass is 376 g/mol. The van der Waals surface area contributed by atoms with Crippen LogP contribution in [0.3, 0.4) is 0 Å². The minimum absolute atomic E-state index is 0.307. The molecule has 0 spiro atoms. The summed E-state index contributed by atoms with van der Waals surface area (Å²) >= 11 is 0. The Hall–Kier alpha value is -2.19. The molecule has 0 amide bonds.